The van der Waals surface area contributed by atoms with E-state index in [1.807, 2.05) is 38.1 Å². The predicted octanol–water partition coefficient (Wildman–Crippen LogP) is 4.25. The third-order valence-corrected chi connectivity index (χ3v) is 5.35. The minimum atomic E-state index is -0.486. The van der Waals surface area contributed by atoms with Gasteiger partial charge < -0.3 is 14.8 Å². The van der Waals surface area contributed by atoms with Crippen molar-refractivity contribution in [2.24, 2.45) is 5.41 Å². The van der Waals surface area contributed by atoms with Gasteiger partial charge in [-0.15, -0.1) is 0 Å². The predicted molar refractivity (Wildman–Crippen MR) is 108 cm³/mol. The number of nitrogens with one attached hydrogen (secondary N) is 1. The van der Waals surface area contributed by atoms with Crippen molar-refractivity contribution in [1.29, 1.82) is 0 Å². The van der Waals surface area contributed by atoms with Crippen molar-refractivity contribution in [3.8, 4) is 5.75 Å². The number of ketones is 1. The molecule has 1 aliphatic carbocycles. The standard InChI is InChI=1S/C23H29NO4/c1-6-11-28-22(26)19-14(2)24-16-12-23(3,4)13-17(25)21(16)20(19)15-9-7-8-10-18(15)27-5/h7-10,20,24H,6,11-13H2,1-5H3. The molecule has 150 valence electrons. The molecule has 0 saturated heterocycles. The summed E-state index contributed by atoms with van der Waals surface area (Å²) >= 11 is 0. The number of allylic oxidation sites excluding steroid dienone is 3. The zero-order chi connectivity index (χ0) is 20.5. The number of methoxy groups -OCH3 is 1. The molecule has 0 aromatic heterocycles. The summed E-state index contributed by atoms with van der Waals surface area (Å²) in [5.41, 5.74) is 3.50. The Labute approximate surface area is 166 Å². The van der Waals surface area contributed by atoms with Gasteiger partial charge in [-0.05, 0) is 31.2 Å². The summed E-state index contributed by atoms with van der Waals surface area (Å²) in [5.74, 6) is -0.136. The fourth-order valence-corrected chi connectivity index (χ4v) is 4.20. The van der Waals surface area contributed by atoms with Gasteiger partial charge in [0.05, 0.1) is 25.2 Å². The van der Waals surface area contributed by atoms with Crippen LogP contribution >= 0.6 is 0 Å². The van der Waals surface area contributed by atoms with Crippen LogP contribution < -0.4 is 10.1 Å². The van der Waals surface area contributed by atoms with Crippen LogP contribution in [-0.4, -0.2) is 25.5 Å². The Hall–Kier alpha value is -2.56. The number of hydrogen-bond acceptors (Lipinski definition) is 5. The van der Waals surface area contributed by atoms with Crippen LogP contribution in [0.2, 0.25) is 0 Å². The van der Waals surface area contributed by atoms with Crippen molar-refractivity contribution < 1.29 is 19.1 Å². The molecule has 5 heteroatoms. The zero-order valence-corrected chi connectivity index (χ0v) is 17.3. The highest BCUT2D eigenvalue weighted by atomic mass is 16.5. The number of Topliss-reactive ketones (excluding diaryl/α,β-unsaturated/α-hetero) is 1. The van der Waals surface area contributed by atoms with Crippen molar-refractivity contribution in [2.75, 3.05) is 13.7 Å². The number of carbonyl (C=O) groups is 2. The number of para-hydroxylation sites is 1. The molecule has 1 aliphatic heterocycles. The van der Waals surface area contributed by atoms with E-state index in [0.717, 1.165) is 29.8 Å². The number of carbonyl (C=O) groups excluding carboxylic acids is 2. The molecular formula is C23H29NO4. The molecule has 28 heavy (non-hydrogen) atoms. The Morgan fingerprint density at radius 2 is 1.96 bits per heavy atom. The number of hydrogen-bond donors (Lipinski definition) is 1. The second kappa shape index (κ2) is 7.82. The van der Waals surface area contributed by atoms with E-state index < -0.39 is 5.92 Å². The van der Waals surface area contributed by atoms with E-state index in [9.17, 15) is 9.59 Å². The molecule has 1 aromatic carbocycles. The smallest absolute Gasteiger partial charge is 0.336 e. The maximum absolute atomic E-state index is 13.2. The van der Waals surface area contributed by atoms with Crippen LogP contribution in [0, 0.1) is 5.41 Å². The highest BCUT2D eigenvalue weighted by molar-refractivity contribution is 6.04. The molecule has 0 saturated carbocycles. The van der Waals surface area contributed by atoms with Gasteiger partial charge in [0.2, 0.25) is 0 Å². The molecular weight excluding hydrogens is 354 g/mol. The van der Waals surface area contributed by atoms with Crippen molar-refractivity contribution in [2.45, 2.75) is 52.9 Å². The van der Waals surface area contributed by atoms with Gasteiger partial charge in [0.25, 0.3) is 0 Å². The van der Waals surface area contributed by atoms with Crippen molar-refractivity contribution in [3.05, 3.63) is 52.4 Å². The van der Waals surface area contributed by atoms with E-state index in [2.05, 4.69) is 19.2 Å². The lowest BCUT2D eigenvalue weighted by Crippen LogP contribution is -2.38. The summed E-state index contributed by atoms with van der Waals surface area (Å²) in [7, 11) is 1.60. The Bertz CT molecular complexity index is 863. The maximum atomic E-state index is 13.2. The molecule has 1 heterocycles. The van der Waals surface area contributed by atoms with Gasteiger partial charge in [-0.25, -0.2) is 4.79 Å². The van der Waals surface area contributed by atoms with Gasteiger partial charge in [0.15, 0.2) is 5.78 Å². The summed E-state index contributed by atoms with van der Waals surface area (Å²) in [6.45, 7) is 8.37. The molecule has 1 aromatic rings. The van der Waals surface area contributed by atoms with Gasteiger partial charge in [-0.1, -0.05) is 39.0 Å². The van der Waals surface area contributed by atoms with Crippen LogP contribution in [0.5, 0.6) is 5.75 Å². The first kappa shape index (κ1) is 20.2. The van der Waals surface area contributed by atoms with Crippen molar-refractivity contribution >= 4 is 11.8 Å². The molecule has 1 atom stereocenters. The van der Waals surface area contributed by atoms with Crippen molar-refractivity contribution in [1.82, 2.24) is 5.32 Å². The zero-order valence-electron chi connectivity index (χ0n) is 17.3. The Balaban J connectivity index is 2.18. The number of esters is 1. The van der Waals surface area contributed by atoms with E-state index in [4.69, 9.17) is 9.47 Å². The van der Waals surface area contributed by atoms with E-state index in [-0.39, 0.29) is 17.2 Å². The van der Waals surface area contributed by atoms with E-state index >= 15 is 0 Å². The van der Waals surface area contributed by atoms with Crippen LogP contribution in [0.3, 0.4) is 0 Å². The molecule has 0 bridgehead atoms. The molecule has 0 radical (unpaired) electrons. The number of ether oxygens (including phenoxy) is 2. The van der Waals surface area contributed by atoms with E-state index in [1.54, 1.807) is 7.11 Å². The van der Waals surface area contributed by atoms with Gasteiger partial charge in [-0.3, -0.25) is 4.79 Å². The molecule has 0 spiro atoms. The second-order valence-electron chi connectivity index (χ2n) is 8.31. The largest absolute Gasteiger partial charge is 0.496 e. The van der Waals surface area contributed by atoms with Crippen molar-refractivity contribution in [3.63, 3.8) is 0 Å². The van der Waals surface area contributed by atoms with Gasteiger partial charge in [0.1, 0.15) is 5.75 Å². The first-order chi connectivity index (χ1) is 13.3. The second-order valence-corrected chi connectivity index (χ2v) is 8.31. The Morgan fingerprint density at radius 1 is 1.25 bits per heavy atom. The third-order valence-electron chi connectivity index (χ3n) is 5.35. The highest BCUT2D eigenvalue weighted by Crippen LogP contribution is 2.48. The summed E-state index contributed by atoms with van der Waals surface area (Å²) in [6.07, 6.45) is 1.95. The van der Waals surface area contributed by atoms with Crippen LogP contribution in [0.1, 0.15) is 58.4 Å². The summed E-state index contributed by atoms with van der Waals surface area (Å²) in [6, 6.07) is 7.57. The quantitative estimate of drug-likeness (QED) is 0.770. The molecule has 2 aliphatic rings. The lowest BCUT2D eigenvalue weighted by atomic mass is 9.68. The SMILES string of the molecule is CCCOC(=O)C1=C(C)NC2=C(C(=O)CC(C)(C)C2)C1c1ccccc1OC. The maximum Gasteiger partial charge on any atom is 0.336 e. The van der Waals surface area contributed by atoms with Crippen LogP contribution in [0.25, 0.3) is 0 Å². The summed E-state index contributed by atoms with van der Waals surface area (Å²) < 4.78 is 11.0. The number of dihydropyridines is 1. The van der Waals surface area contributed by atoms with Gasteiger partial charge in [-0.2, -0.15) is 0 Å². The summed E-state index contributed by atoms with van der Waals surface area (Å²) in [4.78, 5) is 26.2. The van der Waals surface area contributed by atoms with E-state index in [1.165, 1.54) is 0 Å². The van der Waals surface area contributed by atoms with Crippen LogP contribution in [0.15, 0.2) is 46.8 Å². The Kier molecular flexibility index (Phi) is 5.64. The number of benzene rings is 1. The topological polar surface area (TPSA) is 64.6 Å². The number of rotatable bonds is 5. The molecule has 1 N–H and O–H groups in total. The minimum Gasteiger partial charge on any atom is -0.496 e. The van der Waals surface area contributed by atoms with E-state index in [0.29, 0.717) is 29.9 Å². The highest BCUT2D eigenvalue weighted by Gasteiger charge is 2.43. The average molecular weight is 383 g/mol. The molecule has 5 nitrogen and oxygen atoms in total. The van der Waals surface area contributed by atoms with Gasteiger partial charge in [0, 0.05) is 29.0 Å². The lowest BCUT2D eigenvalue weighted by Gasteiger charge is -2.39. The van der Waals surface area contributed by atoms with Gasteiger partial charge >= 0.3 is 5.97 Å². The average Bonchev–Trinajstić information content (AvgIpc) is 2.63. The molecule has 0 fully saturated rings. The molecule has 1 unspecified atom stereocenters. The first-order valence-electron chi connectivity index (χ1n) is 9.83. The molecule has 3 rings (SSSR count). The fourth-order valence-electron chi connectivity index (χ4n) is 4.20. The monoisotopic (exact) mass is 383 g/mol. The third kappa shape index (κ3) is 3.71. The first-order valence-corrected chi connectivity index (χ1v) is 9.83. The normalized spacial score (nSPS) is 21.2. The summed E-state index contributed by atoms with van der Waals surface area (Å²) in [5, 5.41) is 3.35. The van der Waals surface area contributed by atoms with Crippen LogP contribution in [-0.2, 0) is 14.3 Å². The van der Waals surface area contributed by atoms with Crippen LogP contribution in [0.4, 0.5) is 0 Å². The lowest BCUT2D eigenvalue weighted by molar-refractivity contribution is -0.139. The fraction of sp³-hybridized carbons (Fsp3) is 0.478. The minimum absolute atomic E-state index is 0.0722. The Morgan fingerprint density at radius 3 is 2.64 bits per heavy atom. The molecule has 0 amide bonds.